The normalized spacial score (nSPS) is 9.79. The Labute approximate surface area is 136 Å². The quantitative estimate of drug-likeness (QED) is 0.648. The van der Waals surface area contributed by atoms with Crippen LogP contribution in [0.15, 0.2) is 18.2 Å². The van der Waals surface area contributed by atoms with E-state index in [0.29, 0.717) is 15.7 Å². The number of nitrogens with one attached hydrogen (secondary N) is 2. The molecule has 0 bridgehead atoms. The van der Waals surface area contributed by atoms with Crippen molar-refractivity contribution in [1.29, 1.82) is 0 Å². The van der Waals surface area contributed by atoms with Crippen LogP contribution in [0.25, 0.3) is 0 Å². The molecular formula is C13H20Cl2N2S2. The Morgan fingerprint density at radius 3 is 2.11 bits per heavy atom. The fraction of sp³-hybridized carbons (Fsp3) is 0.462. The number of thiocarbonyl (C=S) groups is 1. The highest BCUT2D eigenvalue weighted by Crippen LogP contribution is 2.29. The maximum absolute atomic E-state index is 5.84. The molecule has 2 N–H and O–H groups in total. The van der Waals surface area contributed by atoms with Gasteiger partial charge in [-0.2, -0.15) is 0 Å². The van der Waals surface area contributed by atoms with Gasteiger partial charge in [-0.15, -0.1) is 0 Å². The number of anilines is 1. The monoisotopic (exact) mass is 338 g/mol. The fourth-order valence-electron chi connectivity index (χ4n) is 1.46. The molecule has 6 heteroatoms. The molecule has 1 rings (SSSR count). The molecule has 19 heavy (non-hydrogen) atoms. The highest BCUT2D eigenvalue weighted by molar-refractivity contribution is 8.00. The van der Waals surface area contributed by atoms with E-state index in [4.69, 9.17) is 23.2 Å². The van der Waals surface area contributed by atoms with Gasteiger partial charge in [0.25, 0.3) is 0 Å². The van der Waals surface area contributed by atoms with Crippen LogP contribution in [-0.2, 0) is 12.6 Å². The zero-order valence-corrected chi connectivity index (χ0v) is 14.6. The van der Waals surface area contributed by atoms with Crippen molar-refractivity contribution in [2.75, 3.05) is 25.0 Å². The van der Waals surface area contributed by atoms with Crippen LogP contribution >= 0.6 is 35.4 Å². The summed E-state index contributed by atoms with van der Waals surface area (Å²) in [7, 11) is 0. The van der Waals surface area contributed by atoms with Crippen LogP contribution in [0.4, 0.5) is 5.69 Å². The average molecular weight is 339 g/mol. The Hall–Kier alpha value is -0.130. The summed E-state index contributed by atoms with van der Waals surface area (Å²) in [6.45, 7) is 10.5. The minimum absolute atomic E-state index is 0.249. The molecule has 0 aliphatic carbocycles. The maximum Gasteiger partial charge on any atom is 0.0826 e. The second kappa shape index (κ2) is 10.6. The highest BCUT2D eigenvalue weighted by Gasteiger charge is 2.01. The van der Waals surface area contributed by atoms with Crippen LogP contribution in [-0.4, -0.2) is 24.0 Å². The molecule has 1 aromatic rings. The number of rotatable bonds is 4. The van der Waals surface area contributed by atoms with Crippen molar-refractivity contribution in [2.45, 2.75) is 20.8 Å². The van der Waals surface area contributed by atoms with Gasteiger partial charge in [-0.3, -0.25) is 0 Å². The Balaban J connectivity index is 0.000000399. The summed E-state index contributed by atoms with van der Waals surface area (Å²) in [6.07, 6.45) is 0. The minimum Gasteiger partial charge on any atom is -0.411 e. The average Bonchev–Trinajstić information content (AvgIpc) is 2.37. The van der Waals surface area contributed by atoms with E-state index in [1.165, 1.54) is 19.6 Å². The van der Waals surface area contributed by atoms with Gasteiger partial charge in [0.15, 0.2) is 0 Å². The van der Waals surface area contributed by atoms with Crippen molar-refractivity contribution >= 4 is 58.1 Å². The van der Waals surface area contributed by atoms with Crippen molar-refractivity contribution in [3.05, 3.63) is 28.2 Å². The van der Waals surface area contributed by atoms with Crippen molar-refractivity contribution in [2.24, 2.45) is 0 Å². The van der Waals surface area contributed by atoms with Gasteiger partial charge in [-0.1, -0.05) is 33.6 Å². The van der Waals surface area contributed by atoms with Gasteiger partial charge in [0.1, 0.15) is 0 Å². The van der Waals surface area contributed by atoms with Crippen LogP contribution < -0.4 is 10.2 Å². The van der Waals surface area contributed by atoms with Crippen molar-refractivity contribution < 1.29 is 4.90 Å². The number of hydrogen-bond acceptors (Lipinski definition) is 2. The number of hydrogen-bond donors (Lipinski definition) is 2. The smallest absolute Gasteiger partial charge is 0.0826 e. The molecule has 0 saturated heterocycles. The third-order valence-electron chi connectivity index (χ3n) is 2.69. The van der Waals surface area contributed by atoms with Crippen LogP contribution in [0, 0.1) is 0 Å². The van der Waals surface area contributed by atoms with Gasteiger partial charge < -0.3 is 35.1 Å². The molecule has 0 atom stereocenters. The zero-order valence-electron chi connectivity index (χ0n) is 11.4. The lowest BCUT2D eigenvalue weighted by Crippen LogP contribution is -3.11. The summed E-state index contributed by atoms with van der Waals surface area (Å²) < 4.78 is 0.249. The first-order valence-corrected chi connectivity index (χ1v) is 7.78. The summed E-state index contributed by atoms with van der Waals surface area (Å²) >= 11 is 20.9. The molecule has 1 aromatic carbocycles. The van der Waals surface area contributed by atoms with Crippen LogP contribution in [0.2, 0.25) is 10.0 Å². The number of quaternary nitrogens is 1. The summed E-state index contributed by atoms with van der Waals surface area (Å²) in [5.41, 5.74) is 0.643. The molecule has 0 spiro atoms. The Kier molecular flexibility index (Phi) is 10.6. The van der Waals surface area contributed by atoms with Gasteiger partial charge in [0.2, 0.25) is 0 Å². The van der Waals surface area contributed by atoms with Gasteiger partial charge in [0.05, 0.1) is 35.4 Å². The van der Waals surface area contributed by atoms with E-state index in [1.807, 2.05) is 0 Å². The molecule has 2 nitrogen and oxygen atoms in total. The van der Waals surface area contributed by atoms with E-state index in [1.54, 1.807) is 23.1 Å². The largest absolute Gasteiger partial charge is 0.411 e. The Bertz CT molecular complexity index is 391. The SMILES string of the molecule is CC[NH+](CC)CC.S=C([S-])Nc1cccc(Cl)c1Cl. The topological polar surface area (TPSA) is 16.5 Å². The second-order valence-electron chi connectivity index (χ2n) is 3.82. The predicted molar refractivity (Wildman–Crippen MR) is 92.6 cm³/mol. The molecule has 0 saturated carbocycles. The molecule has 0 aliphatic heterocycles. The van der Waals surface area contributed by atoms with Crippen LogP contribution in [0.1, 0.15) is 20.8 Å². The van der Waals surface area contributed by atoms with Crippen molar-refractivity contribution in [3.63, 3.8) is 0 Å². The van der Waals surface area contributed by atoms with Crippen molar-refractivity contribution in [1.82, 2.24) is 0 Å². The van der Waals surface area contributed by atoms with E-state index in [2.05, 4.69) is 50.9 Å². The lowest BCUT2D eigenvalue weighted by Gasteiger charge is -2.11. The molecule has 0 amide bonds. The van der Waals surface area contributed by atoms with Gasteiger partial charge in [0, 0.05) is 0 Å². The predicted octanol–water partition coefficient (Wildman–Crippen LogP) is 3.17. The van der Waals surface area contributed by atoms with Crippen molar-refractivity contribution in [3.8, 4) is 0 Å². The molecule has 0 aromatic heterocycles. The third kappa shape index (κ3) is 7.90. The molecule has 0 unspecified atom stereocenters. The Morgan fingerprint density at radius 2 is 1.74 bits per heavy atom. The fourth-order valence-corrected chi connectivity index (χ4v) is 2.03. The second-order valence-corrected chi connectivity index (χ2v) is 5.68. The van der Waals surface area contributed by atoms with E-state index in [9.17, 15) is 0 Å². The first kappa shape index (κ1) is 18.9. The molecule has 0 aliphatic rings. The molecule has 108 valence electrons. The first-order chi connectivity index (χ1) is 8.96. The lowest BCUT2D eigenvalue weighted by atomic mass is 10.3. The first-order valence-electron chi connectivity index (χ1n) is 6.21. The summed E-state index contributed by atoms with van der Waals surface area (Å²) in [5.74, 6) is 0. The van der Waals surface area contributed by atoms with E-state index in [0.717, 1.165) is 0 Å². The molecular weight excluding hydrogens is 319 g/mol. The van der Waals surface area contributed by atoms with E-state index >= 15 is 0 Å². The molecule has 0 heterocycles. The minimum atomic E-state index is 0.249. The summed E-state index contributed by atoms with van der Waals surface area (Å²) in [6, 6.07) is 5.22. The number of halogens is 2. The van der Waals surface area contributed by atoms with Crippen LogP contribution in [0.5, 0.6) is 0 Å². The Morgan fingerprint density at radius 1 is 1.21 bits per heavy atom. The third-order valence-corrected chi connectivity index (χ3v) is 3.71. The van der Waals surface area contributed by atoms with Gasteiger partial charge in [-0.05, 0) is 32.9 Å². The highest BCUT2D eigenvalue weighted by atomic mass is 35.5. The van der Waals surface area contributed by atoms with E-state index in [-0.39, 0.29) is 4.32 Å². The molecule has 0 radical (unpaired) electrons. The zero-order chi connectivity index (χ0) is 14.8. The molecule has 0 fully saturated rings. The number of benzene rings is 1. The standard InChI is InChI=1S/C7H5Cl2NS2.C6H15N/c8-4-2-1-3-5(6(4)9)10-7(11)12;1-4-7(5-2)6-3/h1-3H,(H2,10,11,12);4-6H2,1-3H3. The van der Waals surface area contributed by atoms with Gasteiger partial charge in [-0.25, -0.2) is 0 Å². The lowest BCUT2D eigenvalue weighted by molar-refractivity contribution is -0.894. The van der Waals surface area contributed by atoms with Gasteiger partial charge >= 0.3 is 0 Å². The summed E-state index contributed by atoms with van der Waals surface area (Å²) in [4.78, 5) is 1.68. The maximum atomic E-state index is 5.84. The van der Waals surface area contributed by atoms with E-state index < -0.39 is 0 Å². The van der Waals surface area contributed by atoms with Crippen LogP contribution in [0.3, 0.4) is 0 Å². The summed E-state index contributed by atoms with van der Waals surface area (Å²) in [5, 5.41) is 3.66.